The average molecular weight is 398 g/mol. The van der Waals surface area contributed by atoms with E-state index in [0.29, 0.717) is 25.8 Å². The van der Waals surface area contributed by atoms with Crippen LogP contribution >= 0.6 is 0 Å². The van der Waals surface area contributed by atoms with Crippen molar-refractivity contribution in [3.63, 3.8) is 0 Å². The Labute approximate surface area is 169 Å². The topological polar surface area (TPSA) is 98.8 Å². The van der Waals surface area contributed by atoms with Gasteiger partial charge in [-0.3, -0.25) is 19.3 Å². The second-order valence-electron chi connectivity index (χ2n) is 8.02. The highest BCUT2D eigenvalue weighted by molar-refractivity contribution is 6.07. The van der Waals surface area contributed by atoms with Crippen LogP contribution in [0.5, 0.6) is 0 Å². The number of nitrogens with one attached hydrogen (secondary N) is 2. The molecule has 0 unspecified atom stereocenters. The van der Waals surface area contributed by atoms with Gasteiger partial charge in [0.2, 0.25) is 11.8 Å². The summed E-state index contributed by atoms with van der Waals surface area (Å²) in [5.41, 5.74) is 1.07. The summed E-state index contributed by atoms with van der Waals surface area (Å²) in [6.45, 7) is 1.20. The van der Waals surface area contributed by atoms with Crippen molar-refractivity contribution in [3.8, 4) is 0 Å². The minimum absolute atomic E-state index is 0.0790. The van der Waals surface area contributed by atoms with Crippen LogP contribution in [0.1, 0.15) is 50.5 Å². The molecule has 29 heavy (non-hydrogen) atoms. The number of hydrogen-bond acceptors (Lipinski definition) is 4. The first-order chi connectivity index (χ1) is 14.0. The van der Waals surface area contributed by atoms with Gasteiger partial charge in [0.25, 0.3) is 5.91 Å². The Balaban J connectivity index is 1.25. The van der Waals surface area contributed by atoms with Crippen LogP contribution in [0.4, 0.5) is 10.5 Å². The third-order valence-corrected chi connectivity index (χ3v) is 6.08. The number of anilines is 1. The van der Waals surface area contributed by atoms with Crippen LogP contribution < -0.4 is 15.5 Å². The molecule has 1 spiro atoms. The van der Waals surface area contributed by atoms with E-state index in [1.54, 1.807) is 4.90 Å². The summed E-state index contributed by atoms with van der Waals surface area (Å²) in [6, 6.07) is 7.17. The predicted molar refractivity (Wildman–Crippen MR) is 106 cm³/mol. The summed E-state index contributed by atoms with van der Waals surface area (Å²) < 4.78 is 0. The summed E-state index contributed by atoms with van der Waals surface area (Å²) in [7, 11) is 0. The highest BCUT2D eigenvalue weighted by atomic mass is 16.2. The number of rotatable bonds is 6. The quantitative estimate of drug-likeness (QED) is 0.713. The highest BCUT2D eigenvalue weighted by Crippen LogP contribution is 2.35. The minimum Gasteiger partial charge on any atom is -0.352 e. The Morgan fingerprint density at radius 3 is 2.45 bits per heavy atom. The Kier molecular flexibility index (Phi) is 5.25. The van der Waals surface area contributed by atoms with Crippen LogP contribution in [-0.4, -0.2) is 47.3 Å². The number of carbonyl (C=O) groups is 4. The van der Waals surface area contributed by atoms with E-state index >= 15 is 0 Å². The van der Waals surface area contributed by atoms with E-state index < -0.39 is 11.6 Å². The fraction of sp³-hybridized carbons (Fsp3) is 0.524. The second kappa shape index (κ2) is 7.85. The average Bonchev–Trinajstić information content (AvgIpc) is 3.41. The van der Waals surface area contributed by atoms with Gasteiger partial charge in [-0.15, -0.1) is 0 Å². The fourth-order valence-corrected chi connectivity index (χ4v) is 4.41. The maximum absolute atomic E-state index is 12.6. The molecule has 2 aliphatic heterocycles. The van der Waals surface area contributed by atoms with Gasteiger partial charge in [-0.2, -0.15) is 0 Å². The summed E-state index contributed by atoms with van der Waals surface area (Å²) in [4.78, 5) is 51.6. The lowest BCUT2D eigenvalue weighted by Gasteiger charge is -2.19. The SMILES string of the molecule is O=C(CCN1C(=O)NC2(CCCC2)C1=O)NCc1ccc(N2CCCC2=O)cc1. The van der Waals surface area contributed by atoms with Crippen LogP contribution in [0.15, 0.2) is 24.3 Å². The first-order valence-electron chi connectivity index (χ1n) is 10.3. The van der Waals surface area contributed by atoms with Crippen molar-refractivity contribution in [3.05, 3.63) is 29.8 Å². The number of amides is 5. The lowest BCUT2D eigenvalue weighted by Crippen LogP contribution is -2.44. The van der Waals surface area contributed by atoms with Crippen molar-refractivity contribution >= 4 is 29.4 Å². The van der Waals surface area contributed by atoms with E-state index in [9.17, 15) is 19.2 Å². The molecule has 8 heteroatoms. The molecule has 1 aliphatic carbocycles. The van der Waals surface area contributed by atoms with E-state index in [0.717, 1.165) is 37.1 Å². The molecule has 2 N–H and O–H groups in total. The third-order valence-electron chi connectivity index (χ3n) is 6.08. The highest BCUT2D eigenvalue weighted by Gasteiger charge is 2.52. The van der Waals surface area contributed by atoms with Crippen molar-refractivity contribution in [2.45, 2.75) is 57.0 Å². The van der Waals surface area contributed by atoms with Gasteiger partial charge < -0.3 is 15.5 Å². The van der Waals surface area contributed by atoms with Crippen LogP contribution in [0.25, 0.3) is 0 Å². The van der Waals surface area contributed by atoms with Crippen molar-refractivity contribution < 1.29 is 19.2 Å². The monoisotopic (exact) mass is 398 g/mol. The van der Waals surface area contributed by atoms with E-state index in [2.05, 4.69) is 10.6 Å². The van der Waals surface area contributed by atoms with E-state index in [1.165, 1.54) is 4.90 Å². The molecule has 154 valence electrons. The van der Waals surface area contributed by atoms with Gasteiger partial charge in [-0.25, -0.2) is 4.79 Å². The molecule has 1 aromatic carbocycles. The van der Waals surface area contributed by atoms with E-state index in [1.807, 2.05) is 24.3 Å². The van der Waals surface area contributed by atoms with Crippen LogP contribution in [0.2, 0.25) is 0 Å². The van der Waals surface area contributed by atoms with Crippen molar-refractivity contribution in [1.29, 1.82) is 0 Å². The normalized spacial score (nSPS) is 20.6. The smallest absolute Gasteiger partial charge is 0.325 e. The maximum Gasteiger partial charge on any atom is 0.325 e. The number of hydrogen-bond donors (Lipinski definition) is 2. The number of benzene rings is 1. The molecule has 0 aromatic heterocycles. The summed E-state index contributed by atoms with van der Waals surface area (Å²) >= 11 is 0. The molecule has 8 nitrogen and oxygen atoms in total. The molecule has 2 saturated heterocycles. The summed E-state index contributed by atoms with van der Waals surface area (Å²) in [5, 5.41) is 5.64. The standard InChI is InChI=1S/C21H26N4O4/c26-17(9-13-25-19(28)21(23-20(25)29)10-1-2-11-21)22-14-15-5-7-16(8-6-15)24-12-3-4-18(24)27/h5-8H,1-4,9-14H2,(H,22,26)(H,23,29). The Morgan fingerprint density at radius 1 is 1.07 bits per heavy atom. The predicted octanol–water partition coefficient (Wildman–Crippen LogP) is 1.68. The number of imide groups is 1. The molecule has 0 radical (unpaired) electrons. The van der Waals surface area contributed by atoms with Gasteiger partial charge in [0.1, 0.15) is 5.54 Å². The number of urea groups is 1. The molecule has 3 fully saturated rings. The summed E-state index contributed by atoms with van der Waals surface area (Å²) in [6.07, 6.45) is 4.79. The van der Waals surface area contributed by atoms with Crippen molar-refractivity contribution in [2.75, 3.05) is 18.0 Å². The van der Waals surface area contributed by atoms with Crippen molar-refractivity contribution in [1.82, 2.24) is 15.5 Å². The lowest BCUT2D eigenvalue weighted by molar-refractivity contribution is -0.131. The van der Waals surface area contributed by atoms with Crippen LogP contribution in [0.3, 0.4) is 0 Å². The molecular formula is C21H26N4O4. The summed E-state index contributed by atoms with van der Waals surface area (Å²) in [5.74, 6) is -0.262. The minimum atomic E-state index is -0.730. The Bertz CT molecular complexity index is 830. The second-order valence-corrected chi connectivity index (χ2v) is 8.02. The molecule has 1 aromatic rings. The number of nitrogens with zero attached hydrogens (tertiary/aromatic N) is 2. The zero-order valence-electron chi connectivity index (χ0n) is 16.4. The van der Waals surface area contributed by atoms with Crippen molar-refractivity contribution in [2.24, 2.45) is 0 Å². The molecule has 2 heterocycles. The van der Waals surface area contributed by atoms with Crippen LogP contribution in [0, 0.1) is 0 Å². The van der Waals surface area contributed by atoms with Gasteiger partial charge in [-0.05, 0) is 37.0 Å². The van der Waals surface area contributed by atoms with Gasteiger partial charge in [0, 0.05) is 38.2 Å². The number of carbonyl (C=O) groups excluding carboxylic acids is 4. The Hall–Kier alpha value is -2.90. The molecule has 5 amide bonds. The molecule has 1 saturated carbocycles. The first kappa shape index (κ1) is 19.4. The molecule has 4 rings (SSSR count). The molecule has 0 atom stereocenters. The zero-order valence-corrected chi connectivity index (χ0v) is 16.4. The van der Waals surface area contributed by atoms with Gasteiger partial charge in [-0.1, -0.05) is 25.0 Å². The maximum atomic E-state index is 12.6. The molecular weight excluding hydrogens is 372 g/mol. The van der Waals surface area contributed by atoms with Crippen LogP contribution in [-0.2, 0) is 20.9 Å². The van der Waals surface area contributed by atoms with Gasteiger partial charge in [0.05, 0.1) is 0 Å². The van der Waals surface area contributed by atoms with E-state index in [-0.39, 0.29) is 30.7 Å². The molecule has 3 aliphatic rings. The van der Waals surface area contributed by atoms with Gasteiger partial charge in [0.15, 0.2) is 0 Å². The largest absolute Gasteiger partial charge is 0.352 e. The van der Waals surface area contributed by atoms with Gasteiger partial charge >= 0.3 is 6.03 Å². The molecule has 0 bridgehead atoms. The first-order valence-corrected chi connectivity index (χ1v) is 10.3. The Morgan fingerprint density at radius 2 is 1.79 bits per heavy atom. The fourth-order valence-electron chi connectivity index (χ4n) is 4.41. The lowest BCUT2D eigenvalue weighted by atomic mass is 9.98. The third kappa shape index (κ3) is 3.83. The van der Waals surface area contributed by atoms with E-state index in [4.69, 9.17) is 0 Å². The zero-order chi connectivity index (χ0) is 20.4.